The van der Waals surface area contributed by atoms with Gasteiger partial charge in [0, 0.05) is 19.1 Å². The molecule has 0 heterocycles. The smallest absolute Gasteiger partial charge is 0.237 e. The molecule has 26 heavy (non-hydrogen) atoms. The van der Waals surface area contributed by atoms with E-state index in [4.69, 9.17) is 6.42 Å². The Kier molecular flexibility index (Phi) is 6.09. The molecule has 3 heteroatoms. The minimum Gasteiger partial charge on any atom is -0.338 e. The lowest BCUT2D eigenvalue weighted by Gasteiger charge is -2.30. The van der Waals surface area contributed by atoms with Gasteiger partial charge in [0.1, 0.15) is 0 Å². The molecule has 2 aromatic rings. The van der Waals surface area contributed by atoms with Gasteiger partial charge in [0.05, 0.1) is 13.1 Å². The van der Waals surface area contributed by atoms with Gasteiger partial charge in [-0.3, -0.25) is 9.69 Å². The number of hydrogen-bond acceptors (Lipinski definition) is 2. The average Bonchev–Trinajstić information content (AvgIpc) is 3.10. The second-order valence-corrected chi connectivity index (χ2v) is 6.76. The number of carbonyl (C=O) groups excluding carboxylic acids is 1. The molecule has 3 rings (SSSR count). The average molecular weight is 346 g/mol. The molecular weight excluding hydrogens is 320 g/mol. The fraction of sp³-hybridized carbons (Fsp3) is 0.348. The number of terminal acetylenes is 1. The third-order valence-electron chi connectivity index (χ3n) is 5.13. The van der Waals surface area contributed by atoms with Crippen molar-refractivity contribution in [1.29, 1.82) is 0 Å². The molecule has 0 aliphatic heterocycles. The molecule has 0 N–H and O–H groups in total. The molecule has 1 aliphatic rings. The topological polar surface area (TPSA) is 23.6 Å². The molecule has 0 saturated heterocycles. The molecule has 0 spiro atoms. The summed E-state index contributed by atoms with van der Waals surface area (Å²) in [6.45, 7) is 4.22. The van der Waals surface area contributed by atoms with Gasteiger partial charge >= 0.3 is 0 Å². The van der Waals surface area contributed by atoms with Gasteiger partial charge in [0.25, 0.3) is 0 Å². The molecule has 1 aliphatic carbocycles. The second-order valence-electron chi connectivity index (χ2n) is 6.76. The van der Waals surface area contributed by atoms with Gasteiger partial charge in [-0.1, -0.05) is 60.5 Å². The molecule has 0 aromatic heterocycles. The molecule has 2 aromatic carbocycles. The third-order valence-corrected chi connectivity index (χ3v) is 5.13. The highest BCUT2D eigenvalue weighted by Gasteiger charge is 2.29. The van der Waals surface area contributed by atoms with Crippen LogP contribution in [-0.4, -0.2) is 35.3 Å². The summed E-state index contributed by atoms with van der Waals surface area (Å²) >= 11 is 0. The first-order valence-corrected chi connectivity index (χ1v) is 9.30. The van der Waals surface area contributed by atoms with Crippen LogP contribution in [0.4, 0.5) is 0 Å². The summed E-state index contributed by atoms with van der Waals surface area (Å²) < 4.78 is 0. The summed E-state index contributed by atoms with van der Waals surface area (Å²) in [6.07, 6.45) is 7.69. The zero-order chi connectivity index (χ0) is 18.4. The Hall–Kier alpha value is -2.57. The van der Waals surface area contributed by atoms with Crippen molar-refractivity contribution in [2.24, 2.45) is 0 Å². The van der Waals surface area contributed by atoms with Crippen molar-refractivity contribution >= 4 is 5.91 Å². The lowest BCUT2D eigenvalue weighted by atomic mass is 10.1. The van der Waals surface area contributed by atoms with Gasteiger partial charge in [-0.2, -0.15) is 0 Å². The van der Waals surface area contributed by atoms with Crippen LogP contribution in [0.25, 0.3) is 0 Å². The van der Waals surface area contributed by atoms with Gasteiger partial charge < -0.3 is 4.90 Å². The minimum absolute atomic E-state index is 0.135. The number of nitrogens with zero attached hydrogens (tertiary/aromatic N) is 2. The van der Waals surface area contributed by atoms with Crippen LogP contribution in [0.2, 0.25) is 0 Å². The Morgan fingerprint density at radius 1 is 1.15 bits per heavy atom. The maximum absolute atomic E-state index is 12.9. The van der Waals surface area contributed by atoms with Crippen molar-refractivity contribution in [3.8, 4) is 12.3 Å². The quantitative estimate of drug-likeness (QED) is 0.715. The van der Waals surface area contributed by atoms with Crippen molar-refractivity contribution in [2.45, 2.75) is 32.4 Å². The number of carbonyl (C=O) groups is 1. The Balaban J connectivity index is 1.71. The zero-order valence-electron chi connectivity index (χ0n) is 15.4. The van der Waals surface area contributed by atoms with E-state index >= 15 is 0 Å². The van der Waals surface area contributed by atoms with E-state index in [1.807, 2.05) is 30.0 Å². The summed E-state index contributed by atoms with van der Waals surface area (Å²) in [5.41, 5.74) is 3.85. The maximum atomic E-state index is 12.9. The van der Waals surface area contributed by atoms with Crippen LogP contribution in [0.1, 0.15) is 36.1 Å². The molecule has 1 amide bonds. The molecule has 1 atom stereocenters. The van der Waals surface area contributed by atoms with Crippen LogP contribution in [0.3, 0.4) is 0 Å². The van der Waals surface area contributed by atoms with Crippen LogP contribution in [0, 0.1) is 12.3 Å². The van der Waals surface area contributed by atoms with E-state index < -0.39 is 0 Å². The summed E-state index contributed by atoms with van der Waals surface area (Å²) in [5, 5.41) is 0. The predicted octanol–water partition coefficient (Wildman–Crippen LogP) is 3.66. The SMILES string of the molecule is C#CCN(CC(=O)N(CC)Cc1ccccc1)C1CCc2ccccc21. The molecule has 0 fully saturated rings. The maximum Gasteiger partial charge on any atom is 0.237 e. The highest BCUT2D eigenvalue weighted by Crippen LogP contribution is 2.35. The van der Waals surface area contributed by atoms with Crippen molar-refractivity contribution in [3.05, 3.63) is 71.3 Å². The number of rotatable bonds is 7. The fourth-order valence-corrected chi connectivity index (χ4v) is 3.76. The monoisotopic (exact) mass is 346 g/mol. The molecule has 0 radical (unpaired) electrons. The Morgan fingerprint density at radius 2 is 1.88 bits per heavy atom. The highest BCUT2D eigenvalue weighted by atomic mass is 16.2. The van der Waals surface area contributed by atoms with E-state index in [9.17, 15) is 4.79 Å². The van der Waals surface area contributed by atoms with Crippen LogP contribution < -0.4 is 0 Å². The van der Waals surface area contributed by atoms with Gasteiger partial charge in [-0.25, -0.2) is 0 Å². The first kappa shape index (κ1) is 18.2. The molecule has 0 saturated carbocycles. The van der Waals surface area contributed by atoms with Crippen LogP contribution in [-0.2, 0) is 17.8 Å². The number of fused-ring (bicyclic) bond motifs is 1. The molecule has 0 bridgehead atoms. The molecule has 134 valence electrons. The van der Waals surface area contributed by atoms with E-state index in [0.29, 0.717) is 26.2 Å². The Labute approximate surface area is 156 Å². The number of hydrogen-bond donors (Lipinski definition) is 0. The fourth-order valence-electron chi connectivity index (χ4n) is 3.76. The normalized spacial score (nSPS) is 15.5. The molecule has 3 nitrogen and oxygen atoms in total. The van der Waals surface area contributed by atoms with Gasteiger partial charge in [-0.05, 0) is 36.5 Å². The first-order valence-electron chi connectivity index (χ1n) is 9.30. The lowest BCUT2D eigenvalue weighted by Crippen LogP contribution is -2.41. The zero-order valence-corrected chi connectivity index (χ0v) is 15.4. The van der Waals surface area contributed by atoms with Gasteiger partial charge in [-0.15, -0.1) is 6.42 Å². The van der Waals surface area contributed by atoms with Crippen LogP contribution in [0.5, 0.6) is 0 Å². The predicted molar refractivity (Wildman–Crippen MR) is 105 cm³/mol. The van der Waals surface area contributed by atoms with E-state index in [0.717, 1.165) is 18.4 Å². The molecular formula is C23H26N2O. The molecule has 1 unspecified atom stereocenters. The highest BCUT2D eigenvalue weighted by molar-refractivity contribution is 5.78. The van der Waals surface area contributed by atoms with E-state index in [1.165, 1.54) is 11.1 Å². The Morgan fingerprint density at radius 3 is 2.62 bits per heavy atom. The van der Waals surface area contributed by atoms with Crippen LogP contribution >= 0.6 is 0 Å². The number of benzene rings is 2. The number of likely N-dealkylation sites (N-methyl/N-ethyl adjacent to an activating group) is 1. The largest absolute Gasteiger partial charge is 0.338 e. The van der Waals surface area contributed by atoms with Crippen molar-refractivity contribution in [3.63, 3.8) is 0 Å². The number of amides is 1. The standard InChI is InChI=1S/C23H26N2O/c1-3-16-25(22-15-14-20-12-8-9-13-21(20)22)18-23(26)24(4-2)17-19-10-6-5-7-11-19/h1,5-13,22H,4,14-18H2,2H3. The van der Waals surface area contributed by atoms with E-state index in [2.05, 4.69) is 47.2 Å². The Bertz CT molecular complexity index is 778. The van der Waals surface area contributed by atoms with Crippen molar-refractivity contribution < 1.29 is 4.79 Å². The van der Waals surface area contributed by atoms with Crippen LogP contribution in [0.15, 0.2) is 54.6 Å². The third kappa shape index (κ3) is 4.15. The summed E-state index contributed by atoms with van der Waals surface area (Å²) in [6, 6.07) is 18.9. The van der Waals surface area contributed by atoms with Gasteiger partial charge in [0.2, 0.25) is 5.91 Å². The van der Waals surface area contributed by atoms with Crippen molar-refractivity contribution in [1.82, 2.24) is 9.80 Å². The van der Waals surface area contributed by atoms with Gasteiger partial charge in [0.15, 0.2) is 0 Å². The van der Waals surface area contributed by atoms with E-state index in [-0.39, 0.29) is 11.9 Å². The first-order chi connectivity index (χ1) is 12.7. The summed E-state index contributed by atoms with van der Waals surface area (Å²) in [4.78, 5) is 17.0. The van der Waals surface area contributed by atoms with E-state index in [1.54, 1.807) is 0 Å². The van der Waals surface area contributed by atoms with Crippen molar-refractivity contribution in [2.75, 3.05) is 19.6 Å². The summed E-state index contributed by atoms with van der Waals surface area (Å²) in [5.74, 6) is 2.88. The number of aryl methyl sites for hydroxylation is 1. The summed E-state index contributed by atoms with van der Waals surface area (Å²) in [7, 11) is 0. The lowest BCUT2D eigenvalue weighted by molar-refractivity contribution is -0.133. The minimum atomic E-state index is 0.135. The second kappa shape index (κ2) is 8.69.